The van der Waals surface area contributed by atoms with E-state index in [0.717, 1.165) is 0 Å². The summed E-state index contributed by atoms with van der Waals surface area (Å²) in [5, 5.41) is 16.6. The number of para-hydroxylation sites is 1. The molecule has 7 heteroatoms. The van der Waals surface area contributed by atoms with Crippen LogP contribution in [0.3, 0.4) is 0 Å². The molecule has 0 fully saturated rings. The number of aromatic carboxylic acids is 1. The lowest BCUT2D eigenvalue weighted by Crippen LogP contribution is -2.06. The summed E-state index contributed by atoms with van der Waals surface area (Å²) in [5.41, 5.74) is 0.0205. The molecule has 0 bridgehead atoms. The van der Waals surface area contributed by atoms with Crippen LogP contribution in [-0.4, -0.2) is 27.9 Å². The Morgan fingerprint density at radius 3 is 2.75 bits per heavy atom. The van der Waals surface area contributed by atoms with E-state index in [1.54, 1.807) is 26.0 Å². The Balaban J connectivity index is 2.25. The van der Waals surface area contributed by atoms with Crippen LogP contribution in [0.5, 0.6) is 11.5 Å². The monoisotopic (exact) mass is 278 g/mol. The number of hydrogen-bond acceptors (Lipinski definition) is 6. The number of aromatic nitrogens is 2. The van der Waals surface area contributed by atoms with E-state index < -0.39 is 5.97 Å². The van der Waals surface area contributed by atoms with Crippen LogP contribution in [0, 0.1) is 6.92 Å². The van der Waals surface area contributed by atoms with Gasteiger partial charge in [0.15, 0.2) is 18.1 Å². The molecular weight excluding hydrogens is 264 g/mol. The van der Waals surface area contributed by atoms with E-state index >= 15 is 0 Å². The van der Waals surface area contributed by atoms with Gasteiger partial charge in [-0.2, -0.15) is 0 Å². The summed E-state index contributed by atoms with van der Waals surface area (Å²) in [4.78, 5) is 11.2. The highest BCUT2D eigenvalue weighted by atomic mass is 16.5. The molecule has 0 aliphatic carbocycles. The van der Waals surface area contributed by atoms with Crippen molar-refractivity contribution in [3.8, 4) is 11.5 Å². The number of nitrogens with zero attached hydrogens (tertiary/aromatic N) is 2. The zero-order valence-electron chi connectivity index (χ0n) is 11.1. The van der Waals surface area contributed by atoms with E-state index in [1.807, 2.05) is 0 Å². The number of rotatable bonds is 6. The molecule has 1 aromatic carbocycles. The average molecular weight is 278 g/mol. The van der Waals surface area contributed by atoms with Crippen LogP contribution in [0.15, 0.2) is 22.6 Å². The molecule has 2 aromatic rings. The van der Waals surface area contributed by atoms with Crippen LogP contribution in [-0.2, 0) is 6.61 Å². The maximum absolute atomic E-state index is 11.2. The van der Waals surface area contributed by atoms with E-state index in [9.17, 15) is 9.90 Å². The van der Waals surface area contributed by atoms with Crippen molar-refractivity contribution in [3.63, 3.8) is 0 Å². The Labute approximate surface area is 115 Å². The summed E-state index contributed by atoms with van der Waals surface area (Å²) in [6, 6.07) is 4.68. The zero-order chi connectivity index (χ0) is 14.5. The number of ether oxygens (including phenoxy) is 2. The largest absolute Gasteiger partial charge is 0.490 e. The summed E-state index contributed by atoms with van der Waals surface area (Å²) in [5.74, 6) is 0.106. The van der Waals surface area contributed by atoms with Crippen LogP contribution in [0.25, 0.3) is 0 Å². The van der Waals surface area contributed by atoms with Crippen LogP contribution in [0.2, 0.25) is 0 Å². The predicted molar refractivity (Wildman–Crippen MR) is 67.9 cm³/mol. The molecule has 0 amide bonds. The number of hydrogen-bond donors (Lipinski definition) is 1. The van der Waals surface area contributed by atoms with Crippen molar-refractivity contribution in [1.29, 1.82) is 0 Å². The molecule has 1 heterocycles. The van der Waals surface area contributed by atoms with Gasteiger partial charge in [0.2, 0.25) is 5.89 Å². The van der Waals surface area contributed by atoms with Gasteiger partial charge in [-0.05, 0) is 19.1 Å². The first-order valence-corrected chi connectivity index (χ1v) is 6.02. The Bertz CT molecular complexity index is 609. The zero-order valence-corrected chi connectivity index (χ0v) is 11.1. The molecule has 7 nitrogen and oxygen atoms in total. The molecular formula is C13H14N2O5. The van der Waals surface area contributed by atoms with Gasteiger partial charge in [0.25, 0.3) is 5.89 Å². The number of carboxylic acids is 1. The van der Waals surface area contributed by atoms with E-state index in [0.29, 0.717) is 18.2 Å². The number of carboxylic acid groups (broad SMARTS) is 1. The fourth-order valence-corrected chi connectivity index (χ4v) is 1.63. The van der Waals surface area contributed by atoms with Gasteiger partial charge in [0.05, 0.1) is 6.61 Å². The SMILES string of the molecule is CCOc1cccc(C(=O)O)c1OCc1nnc(C)o1. The summed E-state index contributed by atoms with van der Waals surface area (Å²) in [6.07, 6.45) is 0. The van der Waals surface area contributed by atoms with Crippen LogP contribution >= 0.6 is 0 Å². The van der Waals surface area contributed by atoms with Crippen molar-refractivity contribution in [1.82, 2.24) is 10.2 Å². The molecule has 106 valence electrons. The van der Waals surface area contributed by atoms with Crippen molar-refractivity contribution in [2.24, 2.45) is 0 Å². The third kappa shape index (κ3) is 3.05. The quantitative estimate of drug-likeness (QED) is 0.863. The topological polar surface area (TPSA) is 94.7 Å². The highest BCUT2D eigenvalue weighted by molar-refractivity contribution is 5.92. The van der Waals surface area contributed by atoms with Crippen molar-refractivity contribution in [3.05, 3.63) is 35.5 Å². The summed E-state index contributed by atoms with van der Waals surface area (Å²) in [6.45, 7) is 3.84. The maximum Gasteiger partial charge on any atom is 0.339 e. The third-order valence-electron chi connectivity index (χ3n) is 2.42. The summed E-state index contributed by atoms with van der Waals surface area (Å²) >= 11 is 0. The molecule has 0 unspecified atom stereocenters. The lowest BCUT2D eigenvalue weighted by atomic mass is 10.2. The minimum absolute atomic E-state index is 0.0205. The first-order valence-electron chi connectivity index (χ1n) is 6.02. The molecule has 0 saturated carbocycles. The first kappa shape index (κ1) is 13.9. The maximum atomic E-state index is 11.2. The van der Waals surface area contributed by atoms with Gasteiger partial charge in [0, 0.05) is 6.92 Å². The Morgan fingerprint density at radius 2 is 2.15 bits per heavy atom. The molecule has 0 radical (unpaired) electrons. The molecule has 0 atom stereocenters. The Hall–Kier alpha value is -2.57. The lowest BCUT2D eigenvalue weighted by molar-refractivity contribution is 0.0689. The second kappa shape index (κ2) is 6.05. The summed E-state index contributed by atoms with van der Waals surface area (Å²) < 4.78 is 16.0. The minimum Gasteiger partial charge on any atom is -0.490 e. The smallest absolute Gasteiger partial charge is 0.339 e. The predicted octanol–water partition coefficient (Wildman–Crippen LogP) is 2.05. The number of carbonyl (C=O) groups is 1. The van der Waals surface area contributed by atoms with Crippen LogP contribution in [0.4, 0.5) is 0 Å². The van der Waals surface area contributed by atoms with E-state index in [2.05, 4.69) is 10.2 Å². The standard InChI is InChI=1S/C13H14N2O5/c1-3-18-10-6-4-5-9(13(16)17)12(10)19-7-11-15-14-8(2)20-11/h4-6H,3,7H2,1-2H3,(H,16,17). The van der Waals surface area contributed by atoms with Crippen LogP contribution in [0.1, 0.15) is 29.1 Å². The van der Waals surface area contributed by atoms with Crippen LogP contribution < -0.4 is 9.47 Å². The van der Waals surface area contributed by atoms with Gasteiger partial charge < -0.3 is 19.0 Å². The first-order chi connectivity index (χ1) is 9.61. The third-order valence-corrected chi connectivity index (χ3v) is 2.42. The molecule has 0 spiro atoms. The van der Waals surface area contributed by atoms with E-state index in [1.165, 1.54) is 6.07 Å². The second-order valence-corrected chi connectivity index (χ2v) is 3.87. The molecule has 0 aliphatic rings. The normalized spacial score (nSPS) is 10.3. The molecule has 2 rings (SSSR count). The molecule has 0 saturated heterocycles. The fraction of sp³-hybridized carbons (Fsp3) is 0.308. The molecule has 1 N–H and O–H groups in total. The van der Waals surface area contributed by atoms with Crippen molar-refractivity contribution in [2.75, 3.05) is 6.61 Å². The van der Waals surface area contributed by atoms with Gasteiger partial charge in [-0.1, -0.05) is 6.07 Å². The van der Waals surface area contributed by atoms with Crippen molar-refractivity contribution in [2.45, 2.75) is 20.5 Å². The van der Waals surface area contributed by atoms with E-state index in [4.69, 9.17) is 13.9 Å². The van der Waals surface area contributed by atoms with Crippen molar-refractivity contribution < 1.29 is 23.8 Å². The minimum atomic E-state index is -1.09. The number of aryl methyl sites for hydroxylation is 1. The van der Waals surface area contributed by atoms with Gasteiger partial charge in [-0.3, -0.25) is 0 Å². The van der Waals surface area contributed by atoms with E-state index in [-0.39, 0.29) is 23.8 Å². The highest BCUT2D eigenvalue weighted by Gasteiger charge is 2.17. The molecule has 20 heavy (non-hydrogen) atoms. The molecule has 0 aliphatic heterocycles. The molecule has 1 aromatic heterocycles. The second-order valence-electron chi connectivity index (χ2n) is 3.87. The van der Waals surface area contributed by atoms with Gasteiger partial charge in [0.1, 0.15) is 5.56 Å². The lowest BCUT2D eigenvalue weighted by Gasteiger charge is -2.12. The van der Waals surface area contributed by atoms with Crippen molar-refractivity contribution >= 4 is 5.97 Å². The van der Waals surface area contributed by atoms with Gasteiger partial charge >= 0.3 is 5.97 Å². The Kier molecular flexibility index (Phi) is 4.19. The van der Waals surface area contributed by atoms with Gasteiger partial charge in [-0.15, -0.1) is 10.2 Å². The highest BCUT2D eigenvalue weighted by Crippen LogP contribution is 2.32. The Morgan fingerprint density at radius 1 is 1.35 bits per heavy atom. The fourth-order valence-electron chi connectivity index (χ4n) is 1.63. The summed E-state index contributed by atoms with van der Waals surface area (Å²) in [7, 11) is 0. The van der Waals surface area contributed by atoms with Gasteiger partial charge in [-0.25, -0.2) is 4.79 Å². The average Bonchev–Trinajstić information content (AvgIpc) is 2.83. The number of benzene rings is 1.